The molecule has 0 saturated carbocycles. The van der Waals surface area contributed by atoms with E-state index in [4.69, 9.17) is 4.74 Å². The molecule has 0 atom stereocenters. The van der Waals surface area contributed by atoms with Crippen molar-refractivity contribution < 1.29 is 9.53 Å². The smallest absolute Gasteiger partial charge is 0.305 e. The Kier molecular flexibility index (Phi) is 17.4. The Hall–Kier alpha value is -0.530. The van der Waals surface area contributed by atoms with E-state index >= 15 is 0 Å². The van der Waals surface area contributed by atoms with Crippen LogP contribution in [0, 0.1) is 5.92 Å². The van der Waals surface area contributed by atoms with Gasteiger partial charge >= 0.3 is 5.97 Å². The van der Waals surface area contributed by atoms with Gasteiger partial charge in [0.25, 0.3) is 0 Å². The number of rotatable bonds is 17. The third-order valence-corrected chi connectivity index (χ3v) is 4.42. The van der Waals surface area contributed by atoms with Gasteiger partial charge < -0.3 is 4.74 Å². The van der Waals surface area contributed by atoms with Crippen LogP contribution in [0.15, 0.2) is 0 Å². The molecule has 23 heavy (non-hydrogen) atoms. The van der Waals surface area contributed by atoms with Crippen molar-refractivity contribution in [3.8, 4) is 0 Å². The number of esters is 1. The van der Waals surface area contributed by atoms with E-state index in [1.54, 1.807) is 0 Å². The Morgan fingerprint density at radius 3 is 1.78 bits per heavy atom. The quantitative estimate of drug-likeness (QED) is 0.211. The first kappa shape index (κ1) is 22.5. The van der Waals surface area contributed by atoms with Crippen LogP contribution in [0.2, 0.25) is 0 Å². The lowest BCUT2D eigenvalue weighted by molar-refractivity contribution is -0.143. The van der Waals surface area contributed by atoms with E-state index in [9.17, 15) is 4.79 Å². The molecular weight excluding hydrogens is 284 g/mol. The standard InChI is InChI=1S/C21H42O2/c1-4-5-6-7-8-9-10-11-12-13-16-19-23-21(22)18-15-14-17-20(2)3/h20H,4-19H2,1-3H3. The Bertz CT molecular complexity index is 248. The molecule has 0 amide bonds. The van der Waals surface area contributed by atoms with Gasteiger partial charge in [0, 0.05) is 6.42 Å². The zero-order valence-corrected chi connectivity index (χ0v) is 16.2. The van der Waals surface area contributed by atoms with Crippen molar-refractivity contribution in [2.24, 2.45) is 5.92 Å². The molecule has 0 aromatic heterocycles. The molecule has 0 aromatic rings. The number of hydrogen-bond donors (Lipinski definition) is 0. The van der Waals surface area contributed by atoms with Crippen molar-refractivity contribution >= 4 is 5.97 Å². The third kappa shape index (κ3) is 19.4. The third-order valence-electron chi connectivity index (χ3n) is 4.42. The molecular formula is C21H42O2. The zero-order chi connectivity index (χ0) is 17.2. The lowest BCUT2D eigenvalue weighted by Gasteiger charge is -2.06. The van der Waals surface area contributed by atoms with Gasteiger partial charge in [-0.1, -0.05) is 97.8 Å². The Morgan fingerprint density at radius 2 is 1.26 bits per heavy atom. The molecule has 0 saturated heterocycles. The van der Waals surface area contributed by atoms with E-state index in [0.29, 0.717) is 13.0 Å². The molecule has 138 valence electrons. The average molecular weight is 327 g/mol. The van der Waals surface area contributed by atoms with Crippen LogP contribution < -0.4 is 0 Å². The maximum Gasteiger partial charge on any atom is 0.305 e. The number of unbranched alkanes of at least 4 members (excludes halogenated alkanes) is 11. The predicted octanol–water partition coefficient (Wildman–Crippen LogP) is 7.06. The summed E-state index contributed by atoms with van der Waals surface area (Å²) in [7, 11) is 0. The molecule has 0 aromatic carbocycles. The van der Waals surface area contributed by atoms with Crippen LogP contribution in [-0.4, -0.2) is 12.6 Å². The second-order valence-corrected chi connectivity index (χ2v) is 7.40. The summed E-state index contributed by atoms with van der Waals surface area (Å²) in [6, 6.07) is 0. The van der Waals surface area contributed by atoms with E-state index < -0.39 is 0 Å². The Morgan fingerprint density at radius 1 is 0.739 bits per heavy atom. The molecule has 0 N–H and O–H groups in total. The molecule has 0 radical (unpaired) electrons. The molecule has 0 bridgehead atoms. The van der Waals surface area contributed by atoms with Crippen LogP contribution in [0.5, 0.6) is 0 Å². The molecule has 2 nitrogen and oxygen atoms in total. The van der Waals surface area contributed by atoms with Gasteiger partial charge in [0.1, 0.15) is 0 Å². The van der Waals surface area contributed by atoms with Crippen molar-refractivity contribution in [2.45, 2.75) is 117 Å². The van der Waals surface area contributed by atoms with E-state index in [0.717, 1.165) is 25.2 Å². The van der Waals surface area contributed by atoms with Crippen LogP contribution in [0.1, 0.15) is 117 Å². The number of carbonyl (C=O) groups is 1. The summed E-state index contributed by atoms with van der Waals surface area (Å²) in [6.07, 6.45) is 18.6. The maximum absolute atomic E-state index is 11.5. The van der Waals surface area contributed by atoms with Gasteiger partial charge in [-0.15, -0.1) is 0 Å². The Balaban J connectivity index is 3.13. The SMILES string of the molecule is CCCCCCCCCCCCCOC(=O)CCCCC(C)C. The first-order chi connectivity index (χ1) is 11.2. The average Bonchev–Trinajstić information content (AvgIpc) is 2.52. The largest absolute Gasteiger partial charge is 0.466 e. The van der Waals surface area contributed by atoms with Crippen molar-refractivity contribution in [3.05, 3.63) is 0 Å². The predicted molar refractivity (Wildman–Crippen MR) is 101 cm³/mol. The first-order valence-corrected chi connectivity index (χ1v) is 10.3. The lowest BCUT2D eigenvalue weighted by Crippen LogP contribution is -2.05. The monoisotopic (exact) mass is 326 g/mol. The zero-order valence-electron chi connectivity index (χ0n) is 16.2. The normalized spacial score (nSPS) is 11.1. The summed E-state index contributed by atoms with van der Waals surface area (Å²) in [5, 5.41) is 0. The summed E-state index contributed by atoms with van der Waals surface area (Å²) in [4.78, 5) is 11.5. The minimum absolute atomic E-state index is 0.000773. The van der Waals surface area contributed by atoms with Crippen molar-refractivity contribution in [3.63, 3.8) is 0 Å². The molecule has 0 aliphatic rings. The molecule has 0 heterocycles. The number of carbonyl (C=O) groups excluding carboxylic acids is 1. The molecule has 0 rings (SSSR count). The molecule has 0 spiro atoms. The fourth-order valence-electron chi connectivity index (χ4n) is 2.85. The second kappa shape index (κ2) is 17.8. The van der Waals surface area contributed by atoms with Gasteiger partial charge in [0.2, 0.25) is 0 Å². The van der Waals surface area contributed by atoms with Crippen LogP contribution >= 0.6 is 0 Å². The summed E-state index contributed by atoms with van der Waals surface area (Å²) >= 11 is 0. The van der Waals surface area contributed by atoms with Gasteiger partial charge in [0.15, 0.2) is 0 Å². The maximum atomic E-state index is 11.5. The van der Waals surface area contributed by atoms with Gasteiger partial charge in [-0.2, -0.15) is 0 Å². The summed E-state index contributed by atoms with van der Waals surface area (Å²) < 4.78 is 5.29. The van der Waals surface area contributed by atoms with Crippen molar-refractivity contribution in [2.75, 3.05) is 6.61 Å². The second-order valence-electron chi connectivity index (χ2n) is 7.40. The highest BCUT2D eigenvalue weighted by molar-refractivity contribution is 5.69. The molecule has 0 fully saturated rings. The lowest BCUT2D eigenvalue weighted by atomic mass is 10.1. The highest BCUT2D eigenvalue weighted by Crippen LogP contribution is 2.12. The van der Waals surface area contributed by atoms with Crippen molar-refractivity contribution in [1.82, 2.24) is 0 Å². The molecule has 0 aliphatic heterocycles. The first-order valence-electron chi connectivity index (χ1n) is 10.3. The van der Waals surface area contributed by atoms with Crippen molar-refractivity contribution in [1.29, 1.82) is 0 Å². The molecule has 0 unspecified atom stereocenters. The van der Waals surface area contributed by atoms with Gasteiger partial charge in [-0.05, 0) is 18.8 Å². The van der Waals surface area contributed by atoms with E-state index in [1.165, 1.54) is 70.6 Å². The number of ether oxygens (including phenoxy) is 1. The highest BCUT2D eigenvalue weighted by Gasteiger charge is 2.03. The van der Waals surface area contributed by atoms with Crippen LogP contribution in [-0.2, 0) is 9.53 Å². The minimum Gasteiger partial charge on any atom is -0.466 e. The summed E-state index contributed by atoms with van der Waals surface area (Å²) in [6.45, 7) is 7.35. The van der Waals surface area contributed by atoms with Gasteiger partial charge in [0.05, 0.1) is 6.61 Å². The highest BCUT2D eigenvalue weighted by atomic mass is 16.5. The van der Waals surface area contributed by atoms with E-state index in [-0.39, 0.29) is 5.97 Å². The van der Waals surface area contributed by atoms with Gasteiger partial charge in [-0.3, -0.25) is 4.79 Å². The molecule has 2 heteroatoms. The van der Waals surface area contributed by atoms with Crippen LogP contribution in [0.25, 0.3) is 0 Å². The molecule has 0 aliphatic carbocycles. The topological polar surface area (TPSA) is 26.3 Å². The fourth-order valence-corrected chi connectivity index (χ4v) is 2.85. The van der Waals surface area contributed by atoms with E-state index in [2.05, 4.69) is 20.8 Å². The van der Waals surface area contributed by atoms with Crippen LogP contribution in [0.4, 0.5) is 0 Å². The Labute approximate surface area is 145 Å². The van der Waals surface area contributed by atoms with E-state index in [1.807, 2.05) is 0 Å². The number of hydrogen-bond acceptors (Lipinski definition) is 2. The fraction of sp³-hybridized carbons (Fsp3) is 0.952. The van der Waals surface area contributed by atoms with Gasteiger partial charge in [-0.25, -0.2) is 0 Å². The van der Waals surface area contributed by atoms with Crippen LogP contribution in [0.3, 0.4) is 0 Å². The summed E-state index contributed by atoms with van der Waals surface area (Å²) in [5.41, 5.74) is 0. The minimum atomic E-state index is 0.000773. The summed E-state index contributed by atoms with van der Waals surface area (Å²) in [5.74, 6) is 0.739.